The Morgan fingerprint density at radius 1 is 0.824 bits per heavy atom. The monoisotopic (exact) mass is 459 g/mol. The van der Waals surface area contributed by atoms with Gasteiger partial charge >= 0.3 is 11.9 Å². The maximum absolute atomic E-state index is 12.5. The van der Waals surface area contributed by atoms with Gasteiger partial charge < -0.3 is 15.2 Å². The molecule has 0 unspecified atom stereocenters. The number of esters is 1. The van der Waals surface area contributed by atoms with Crippen molar-refractivity contribution in [2.45, 2.75) is 38.6 Å². The molecule has 3 aromatic rings. The first kappa shape index (κ1) is 24.7. The Morgan fingerprint density at radius 3 is 2.03 bits per heavy atom. The normalized spacial score (nSPS) is 12.4. The molecule has 3 aromatic carbocycles. The number of hydrogen-bond donors (Lipinski definition) is 2. The van der Waals surface area contributed by atoms with E-state index in [9.17, 15) is 19.5 Å². The Labute approximate surface area is 199 Å². The van der Waals surface area contributed by atoms with Gasteiger partial charge in [-0.3, -0.25) is 14.4 Å². The molecule has 0 aliphatic rings. The van der Waals surface area contributed by atoms with Gasteiger partial charge in [-0.2, -0.15) is 0 Å². The summed E-state index contributed by atoms with van der Waals surface area (Å²) in [6, 6.07) is 26.3. The van der Waals surface area contributed by atoms with Crippen molar-refractivity contribution >= 4 is 17.8 Å². The minimum atomic E-state index is -0.912. The highest BCUT2D eigenvalue weighted by Gasteiger charge is 2.21. The molecule has 0 aliphatic heterocycles. The molecule has 3 rings (SSSR count). The zero-order chi connectivity index (χ0) is 24.3. The second-order valence-corrected chi connectivity index (χ2v) is 8.29. The van der Waals surface area contributed by atoms with Crippen molar-refractivity contribution in [3.8, 4) is 16.9 Å². The standard InChI is InChI=1S/C28H29NO5/c1-20(28(32)33)18-24(19-21-12-14-23(15-13-21)22-8-4-2-5-9-22)29-26(30)16-17-27(31)34-25-10-6-3-7-11-25/h2-15,20,24H,16-19H2,1H3,(H,29,30)(H,32,33)/t20-,24+/m1/s1. The fourth-order valence-corrected chi connectivity index (χ4v) is 3.66. The molecule has 0 aromatic heterocycles. The number of ether oxygens (including phenoxy) is 1. The van der Waals surface area contributed by atoms with E-state index in [4.69, 9.17) is 4.74 Å². The van der Waals surface area contributed by atoms with Crippen molar-refractivity contribution in [1.82, 2.24) is 5.32 Å². The fraction of sp³-hybridized carbons (Fsp3) is 0.250. The smallest absolute Gasteiger partial charge is 0.311 e. The molecule has 1 amide bonds. The molecule has 0 saturated carbocycles. The molecule has 6 nitrogen and oxygen atoms in total. The zero-order valence-corrected chi connectivity index (χ0v) is 19.1. The van der Waals surface area contributed by atoms with Crippen LogP contribution in [0.1, 0.15) is 31.7 Å². The summed E-state index contributed by atoms with van der Waals surface area (Å²) >= 11 is 0. The number of rotatable bonds is 11. The first-order valence-corrected chi connectivity index (χ1v) is 11.3. The van der Waals surface area contributed by atoms with E-state index in [0.717, 1.165) is 16.7 Å². The van der Waals surface area contributed by atoms with E-state index in [2.05, 4.69) is 5.32 Å². The SMILES string of the molecule is C[C@H](C[C@@H](Cc1ccc(-c2ccccc2)cc1)NC(=O)CCC(=O)Oc1ccccc1)C(=O)O. The molecule has 0 radical (unpaired) electrons. The van der Waals surface area contributed by atoms with E-state index in [1.54, 1.807) is 31.2 Å². The van der Waals surface area contributed by atoms with Gasteiger partial charge in [-0.25, -0.2) is 0 Å². The summed E-state index contributed by atoms with van der Waals surface area (Å²) in [7, 11) is 0. The van der Waals surface area contributed by atoms with Gasteiger partial charge in [0.15, 0.2) is 0 Å². The first-order chi connectivity index (χ1) is 16.4. The van der Waals surface area contributed by atoms with Gasteiger partial charge in [0.25, 0.3) is 0 Å². The third-order valence-electron chi connectivity index (χ3n) is 5.50. The van der Waals surface area contributed by atoms with Crippen LogP contribution in [0.4, 0.5) is 0 Å². The van der Waals surface area contributed by atoms with Crippen molar-refractivity contribution < 1.29 is 24.2 Å². The molecule has 0 aliphatic carbocycles. The van der Waals surface area contributed by atoms with Crippen LogP contribution < -0.4 is 10.1 Å². The van der Waals surface area contributed by atoms with Crippen LogP contribution in [0.25, 0.3) is 11.1 Å². The predicted molar refractivity (Wildman–Crippen MR) is 130 cm³/mol. The van der Waals surface area contributed by atoms with Gasteiger partial charge in [0.1, 0.15) is 5.75 Å². The highest BCUT2D eigenvalue weighted by Crippen LogP contribution is 2.21. The summed E-state index contributed by atoms with van der Waals surface area (Å²) in [5.41, 5.74) is 3.19. The average Bonchev–Trinajstić information content (AvgIpc) is 2.84. The molecule has 176 valence electrons. The van der Waals surface area contributed by atoms with Gasteiger partial charge in [0.05, 0.1) is 12.3 Å². The van der Waals surface area contributed by atoms with E-state index in [1.165, 1.54) is 0 Å². The minimum Gasteiger partial charge on any atom is -0.481 e. The Balaban J connectivity index is 1.58. The van der Waals surface area contributed by atoms with Crippen molar-refractivity contribution in [3.63, 3.8) is 0 Å². The summed E-state index contributed by atoms with van der Waals surface area (Å²) in [4.78, 5) is 35.9. The van der Waals surface area contributed by atoms with Gasteiger partial charge in [0.2, 0.25) is 5.91 Å². The highest BCUT2D eigenvalue weighted by molar-refractivity contribution is 5.82. The first-order valence-electron chi connectivity index (χ1n) is 11.3. The summed E-state index contributed by atoms with van der Waals surface area (Å²) < 4.78 is 5.21. The number of benzene rings is 3. The van der Waals surface area contributed by atoms with Crippen LogP contribution in [-0.4, -0.2) is 29.0 Å². The third-order valence-corrected chi connectivity index (χ3v) is 5.50. The van der Waals surface area contributed by atoms with Crippen molar-refractivity contribution in [1.29, 1.82) is 0 Å². The molecule has 0 heterocycles. The van der Waals surface area contributed by atoms with Crippen LogP contribution in [0, 0.1) is 5.92 Å². The minimum absolute atomic E-state index is 0.0312. The molecule has 0 bridgehead atoms. The van der Waals surface area contributed by atoms with E-state index in [-0.39, 0.29) is 31.2 Å². The highest BCUT2D eigenvalue weighted by atomic mass is 16.5. The number of carbonyl (C=O) groups excluding carboxylic acids is 2. The van der Waals surface area contributed by atoms with E-state index < -0.39 is 17.9 Å². The molecule has 0 fully saturated rings. The maximum atomic E-state index is 12.5. The quantitative estimate of drug-likeness (QED) is 0.315. The molecule has 2 atom stereocenters. The lowest BCUT2D eigenvalue weighted by molar-refractivity contribution is -0.141. The zero-order valence-electron chi connectivity index (χ0n) is 19.1. The Bertz CT molecular complexity index is 1080. The number of nitrogens with one attached hydrogen (secondary N) is 1. The molecule has 2 N–H and O–H groups in total. The number of carboxylic acid groups (broad SMARTS) is 1. The van der Waals surface area contributed by atoms with Crippen molar-refractivity contribution in [3.05, 3.63) is 90.5 Å². The van der Waals surface area contributed by atoms with Crippen LogP contribution in [0.15, 0.2) is 84.9 Å². The Hall–Kier alpha value is -3.93. The summed E-state index contributed by atoms with van der Waals surface area (Å²) in [6.45, 7) is 1.62. The molecular formula is C28H29NO5. The predicted octanol–water partition coefficient (Wildman–Crippen LogP) is 4.88. The maximum Gasteiger partial charge on any atom is 0.311 e. The van der Waals surface area contributed by atoms with E-state index in [1.807, 2.05) is 60.7 Å². The summed E-state index contributed by atoms with van der Waals surface area (Å²) in [5, 5.41) is 12.2. The van der Waals surface area contributed by atoms with E-state index >= 15 is 0 Å². The largest absolute Gasteiger partial charge is 0.481 e. The summed E-state index contributed by atoms with van der Waals surface area (Å²) in [5.74, 6) is -1.90. The van der Waals surface area contributed by atoms with Crippen LogP contribution in [0.2, 0.25) is 0 Å². The van der Waals surface area contributed by atoms with E-state index in [0.29, 0.717) is 12.2 Å². The number of hydrogen-bond acceptors (Lipinski definition) is 4. The van der Waals surface area contributed by atoms with Crippen molar-refractivity contribution in [2.24, 2.45) is 5.92 Å². The van der Waals surface area contributed by atoms with Gasteiger partial charge in [-0.1, -0.05) is 79.7 Å². The lowest BCUT2D eigenvalue weighted by Crippen LogP contribution is -2.38. The summed E-state index contributed by atoms with van der Waals surface area (Å²) in [6.07, 6.45) is 0.688. The van der Waals surface area contributed by atoms with Crippen LogP contribution >= 0.6 is 0 Å². The lowest BCUT2D eigenvalue weighted by Gasteiger charge is -2.21. The Kier molecular flexibility index (Phi) is 8.97. The topological polar surface area (TPSA) is 92.7 Å². The average molecular weight is 460 g/mol. The van der Waals surface area contributed by atoms with Crippen LogP contribution in [0.5, 0.6) is 5.75 Å². The second kappa shape index (κ2) is 12.3. The lowest BCUT2D eigenvalue weighted by atomic mass is 9.95. The molecule has 6 heteroatoms. The Morgan fingerprint density at radius 2 is 1.41 bits per heavy atom. The molecule has 0 spiro atoms. The molecule has 34 heavy (non-hydrogen) atoms. The second-order valence-electron chi connectivity index (χ2n) is 8.29. The van der Waals surface area contributed by atoms with Gasteiger partial charge in [-0.15, -0.1) is 0 Å². The van der Waals surface area contributed by atoms with Gasteiger partial charge in [-0.05, 0) is 41.7 Å². The molecular weight excluding hydrogens is 430 g/mol. The number of aliphatic carboxylic acids is 1. The fourth-order valence-electron chi connectivity index (χ4n) is 3.66. The number of carbonyl (C=O) groups is 3. The van der Waals surface area contributed by atoms with Crippen LogP contribution in [-0.2, 0) is 20.8 Å². The number of amides is 1. The van der Waals surface area contributed by atoms with Crippen LogP contribution in [0.3, 0.4) is 0 Å². The third kappa shape index (κ3) is 7.89. The number of para-hydroxylation sites is 1. The molecule has 0 saturated heterocycles. The van der Waals surface area contributed by atoms with Crippen molar-refractivity contribution in [2.75, 3.05) is 0 Å². The van der Waals surface area contributed by atoms with Gasteiger partial charge in [0, 0.05) is 12.5 Å². The number of carboxylic acids is 1.